The van der Waals surface area contributed by atoms with Crippen molar-refractivity contribution in [1.82, 2.24) is 14.9 Å². The standard InChI is InChI=1S/C16H13F3N4O5/c1-2-28-14(27)22-15(16(17,18)19)9-10(20-12(15)25)23(13(26)21-11(9)24)8-6-4-3-5-7-8/h3-7H,2H2,1H3,(H,20,25)(H,22,27)(H,21,24,26)/t15-/m0/s1. The second kappa shape index (κ2) is 6.55. The number of nitrogens with one attached hydrogen (secondary N) is 3. The van der Waals surface area contributed by atoms with Crippen molar-refractivity contribution in [3.05, 3.63) is 56.7 Å². The van der Waals surface area contributed by atoms with Crippen molar-refractivity contribution in [3.8, 4) is 5.69 Å². The van der Waals surface area contributed by atoms with Crippen LogP contribution in [0.2, 0.25) is 0 Å². The number of rotatable bonds is 3. The van der Waals surface area contributed by atoms with Crippen LogP contribution in [0.15, 0.2) is 39.9 Å². The van der Waals surface area contributed by atoms with Crippen LogP contribution in [0.4, 0.5) is 23.8 Å². The van der Waals surface area contributed by atoms with Crippen LogP contribution in [0.25, 0.3) is 5.69 Å². The lowest BCUT2D eigenvalue weighted by molar-refractivity contribution is -0.197. The van der Waals surface area contributed by atoms with Gasteiger partial charge in [-0.1, -0.05) is 18.2 Å². The lowest BCUT2D eigenvalue weighted by Crippen LogP contribution is -2.62. The molecule has 3 rings (SSSR count). The molecule has 0 unspecified atom stereocenters. The van der Waals surface area contributed by atoms with Crippen LogP contribution < -0.4 is 21.9 Å². The Bertz CT molecular complexity index is 1060. The molecule has 0 aliphatic carbocycles. The number of anilines is 1. The topological polar surface area (TPSA) is 122 Å². The molecule has 28 heavy (non-hydrogen) atoms. The van der Waals surface area contributed by atoms with Crippen LogP contribution >= 0.6 is 0 Å². The summed E-state index contributed by atoms with van der Waals surface area (Å²) < 4.78 is 47.1. The molecule has 12 heteroatoms. The minimum Gasteiger partial charge on any atom is -0.450 e. The van der Waals surface area contributed by atoms with Gasteiger partial charge in [-0.2, -0.15) is 13.2 Å². The average molecular weight is 398 g/mol. The van der Waals surface area contributed by atoms with Gasteiger partial charge in [-0.15, -0.1) is 0 Å². The quantitative estimate of drug-likeness (QED) is 0.712. The fourth-order valence-electron chi connectivity index (χ4n) is 2.92. The number of aromatic amines is 1. The van der Waals surface area contributed by atoms with E-state index in [1.807, 2.05) is 5.32 Å². The summed E-state index contributed by atoms with van der Waals surface area (Å²) >= 11 is 0. The number of alkyl halides is 3. The Morgan fingerprint density at radius 2 is 1.86 bits per heavy atom. The number of hydrogen-bond donors (Lipinski definition) is 3. The van der Waals surface area contributed by atoms with Gasteiger partial charge in [0.15, 0.2) is 0 Å². The molecule has 0 spiro atoms. The number of H-pyrrole nitrogens is 1. The summed E-state index contributed by atoms with van der Waals surface area (Å²) in [5, 5.41) is 3.35. The monoisotopic (exact) mass is 398 g/mol. The summed E-state index contributed by atoms with van der Waals surface area (Å²) in [6.07, 6.45) is -6.97. The first-order chi connectivity index (χ1) is 13.1. The van der Waals surface area contributed by atoms with Crippen molar-refractivity contribution >= 4 is 17.8 Å². The Hall–Kier alpha value is -3.57. The molecule has 0 fully saturated rings. The number of nitrogens with zero attached hydrogens (tertiary/aromatic N) is 1. The maximum atomic E-state index is 14.0. The van der Waals surface area contributed by atoms with Crippen LogP contribution in [0, 0.1) is 0 Å². The fourth-order valence-corrected chi connectivity index (χ4v) is 2.92. The van der Waals surface area contributed by atoms with Crippen LogP contribution in [-0.4, -0.2) is 34.3 Å². The third-order valence-electron chi connectivity index (χ3n) is 4.06. The predicted molar refractivity (Wildman–Crippen MR) is 89.2 cm³/mol. The van der Waals surface area contributed by atoms with Gasteiger partial charge in [0.25, 0.3) is 17.0 Å². The molecule has 1 atom stereocenters. The number of fused-ring (bicyclic) bond motifs is 1. The van der Waals surface area contributed by atoms with E-state index in [0.29, 0.717) is 4.57 Å². The zero-order chi connectivity index (χ0) is 20.7. The highest BCUT2D eigenvalue weighted by atomic mass is 19.4. The maximum absolute atomic E-state index is 14.0. The Morgan fingerprint density at radius 1 is 1.21 bits per heavy atom. The summed E-state index contributed by atoms with van der Waals surface area (Å²) in [6, 6.07) is 7.38. The van der Waals surface area contributed by atoms with Gasteiger partial charge >= 0.3 is 18.0 Å². The van der Waals surface area contributed by atoms with Crippen molar-refractivity contribution in [3.63, 3.8) is 0 Å². The van der Waals surface area contributed by atoms with E-state index in [-0.39, 0.29) is 12.3 Å². The van der Waals surface area contributed by atoms with Crippen molar-refractivity contribution in [2.75, 3.05) is 11.9 Å². The Morgan fingerprint density at radius 3 is 2.43 bits per heavy atom. The lowest BCUT2D eigenvalue weighted by Gasteiger charge is -2.29. The van der Waals surface area contributed by atoms with Crippen molar-refractivity contribution < 1.29 is 27.5 Å². The Kier molecular flexibility index (Phi) is 4.49. The molecule has 0 bridgehead atoms. The summed E-state index contributed by atoms with van der Waals surface area (Å²) in [7, 11) is 0. The summed E-state index contributed by atoms with van der Waals surface area (Å²) in [6.45, 7) is 1.08. The minimum atomic E-state index is -5.42. The molecule has 3 N–H and O–H groups in total. The third kappa shape index (κ3) is 2.73. The third-order valence-corrected chi connectivity index (χ3v) is 4.06. The SMILES string of the molecule is CCOC(=O)N[C@]1(C(F)(F)F)C(=O)Nc2c1c(=O)[nH]c(=O)n2-c1ccccc1. The number of para-hydroxylation sites is 1. The molecule has 1 aromatic heterocycles. The van der Waals surface area contributed by atoms with Crippen LogP contribution in [0.3, 0.4) is 0 Å². The highest BCUT2D eigenvalue weighted by Gasteiger charge is 2.69. The predicted octanol–water partition coefficient (Wildman–Crippen LogP) is 0.982. The number of ether oxygens (including phenoxy) is 1. The van der Waals surface area contributed by atoms with Gasteiger partial charge < -0.3 is 10.1 Å². The molecule has 0 radical (unpaired) electrons. The number of carbonyl (C=O) groups excluding carboxylic acids is 2. The number of halogens is 3. The van der Waals surface area contributed by atoms with Gasteiger partial charge in [0.05, 0.1) is 12.3 Å². The van der Waals surface area contributed by atoms with Gasteiger partial charge in [0.1, 0.15) is 11.4 Å². The van der Waals surface area contributed by atoms with Crippen LogP contribution in [0.1, 0.15) is 12.5 Å². The van der Waals surface area contributed by atoms with Crippen molar-refractivity contribution in [1.29, 1.82) is 0 Å². The smallest absolute Gasteiger partial charge is 0.425 e. The highest BCUT2D eigenvalue weighted by Crippen LogP contribution is 2.45. The lowest BCUT2D eigenvalue weighted by atomic mass is 9.92. The van der Waals surface area contributed by atoms with Gasteiger partial charge in [0.2, 0.25) is 0 Å². The summed E-state index contributed by atoms with van der Waals surface area (Å²) in [4.78, 5) is 50.5. The first-order valence-electron chi connectivity index (χ1n) is 7.91. The number of amides is 2. The van der Waals surface area contributed by atoms with E-state index in [1.165, 1.54) is 36.5 Å². The molecule has 0 saturated heterocycles. The van der Waals surface area contributed by atoms with E-state index >= 15 is 0 Å². The number of carbonyl (C=O) groups is 2. The first kappa shape index (κ1) is 19.2. The molecule has 148 valence electrons. The van der Waals surface area contributed by atoms with Gasteiger partial charge in [-0.05, 0) is 19.1 Å². The minimum absolute atomic E-state index is 0.0920. The number of aromatic nitrogens is 2. The molecule has 1 aliphatic rings. The van der Waals surface area contributed by atoms with E-state index in [2.05, 4.69) is 4.74 Å². The molecule has 0 saturated carbocycles. The molecule has 1 aromatic carbocycles. The van der Waals surface area contributed by atoms with Crippen molar-refractivity contribution in [2.45, 2.75) is 18.6 Å². The van der Waals surface area contributed by atoms with E-state index < -0.39 is 46.3 Å². The summed E-state index contributed by atoms with van der Waals surface area (Å²) in [5.41, 5.74) is -7.34. The van der Waals surface area contributed by atoms with Crippen LogP contribution in [0.5, 0.6) is 0 Å². The average Bonchev–Trinajstić information content (AvgIpc) is 2.89. The fraction of sp³-hybridized carbons (Fsp3) is 0.250. The number of hydrogen-bond acceptors (Lipinski definition) is 5. The Balaban J connectivity index is 2.35. The van der Waals surface area contributed by atoms with Gasteiger partial charge in [0, 0.05) is 0 Å². The molecule has 1 aliphatic heterocycles. The van der Waals surface area contributed by atoms with E-state index in [1.54, 1.807) is 11.1 Å². The van der Waals surface area contributed by atoms with Gasteiger partial charge in [-0.25, -0.2) is 14.2 Å². The van der Waals surface area contributed by atoms with E-state index in [9.17, 15) is 32.3 Å². The molecule has 2 aromatic rings. The van der Waals surface area contributed by atoms with Gasteiger partial charge in [-0.3, -0.25) is 19.9 Å². The highest BCUT2D eigenvalue weighted by molar-refractivity contribution is 6.07. The van der Waals surface area contributed by atoms with Crippen LogP contribution in [-0.2, 0) is 15.1 Å². The number of alkyl carbamates (subject to hydrolysis) is 1. The zero-order valence-electron chi connectivity index (χ0n) is 14.2. The normalized spacial score (nSPS) is 18.4. The number of benzene rings is 1. The second-order valence-electron chi connectivity index (χ2n) is 5.70. The second-order valence-corrected chi connectivity index (χ2v) is 5.70. The first-order valence-corrected chi connectivity index (χ1v) is 7.91. The largest absolute Gasteiger partial charge is 0.450 e. The molecular weight excluding hydrogens is 385 g/mol. The molecule has 9 nitrogen and oxygen atoms in total. The molecule has 2 amide bonds. The van der Waals surface area contributed by atoms with E-state index in [4.69, 9.17) is 0 Å². The zero-order valence-corrected chi connectivity index (χ0v) is 14.2. The van der Waals surface area contributed by atoms with E-state index in [0.717, 1.165) is 0 Å². The summed E-state index contributed by atoms with van der Waals surface area (Å²) in [5.74, 6) is -2.44. The maximum Gasteiger partial charge on any atom is 0.425 e. The molecular formula is C16H13F3N4O5. The molecule has 2 heterocycles. The Labute approximate surface area is 154 Å². The van der Waals surface area contributed by atoms with Crippen molar-refractivity contribution in [2.24, 2.45) is 0 Å².